The third-order valence-corrected chi connectivity index (χ3v) is 4.35. The van der Waals surface area contributed by atoms with E-state index in [0.717, 1.165) is 17.0 Å². The molecule has 0 saturated heterocycles. The van der Waals surface area contributed by atoms with Gasteiger partial charge in [-0.1, -0.05) is 6.07 Å². The molecule has 0 aliphatic carbocycles. The minimum atomic E-state index is -0.233. The first-order valence-electron chi connectivity index (χ1n) is 8.55. The fourth-order valence-electron chi connectivity index (χ4n) is 2.96. The summed E-state index contributed by atoms with van der Waals surface area (Å²) in [5.74, 6) is 0.265. The van der Waals surface area contributed by atoms with Crippen molar-refractivity contribution < 1.29 is 14.3 Å². The van der Waals surface area contributed by atoms with Crippen molar-refractivity contribution in [2.45, 2.75) is 33.2 Å². The van der Waals surface area contributed by atoms with Crippen molar-refractivity contribution in [2.75, 3.05) is 13.7 Å². The SMILES string of the molecule is COc1cccc(C(=O)NCCC(=O)NC(C)c2c(C)nn(C)c2C)c1. The van der Waals surface area contributed by atoms with Crippen LogP contribution in [-0.2, 0) is 11.8 Å². The van der Waals surface area contributed by atoms with Gasteiger partial charge < -0.3 is 15.4 Å². The molecular formula is C19H26N4O3. The number of hydrogen-bond donors (Lipinski definition) is 2. The number of nitrogens with zero attached hydrogens (tertiary/aromatic N) is 2. The Morgan fingerprint density at radius 3 is 2.65 bits per heavy atom. The number of aromatic nitrogens is 2. The number of methoxy groups -OCH3 is 1. The second-order valence-electron chi connectivity index (χ2n) is 6.24. The van der Waals surface area contributed by atoms with Crippen LogP contribution in [-0.4, -0.2) is 35.2 Å². The maximum absolute atomic E-state index is 12.2. The Kier molecular flexibility index (Phi) is 6.38. The first-order valence-corrected chi connectivity index (χ1v) is 8.55. The fraction of sp³-hybridized carbons (Fsp3) is 0.421. The molecule has 1 aromatic heterocycles. The van der Waals surface area contributed by atoms with Crippen LogP contribution in [0.2, 0.25) is 0 Å². The lowest BCUT2D eigenvalue weighted by atomic mass is 10.1. The van der Waals surface area contributed by atoms with Gasteiger partial charge >= 0.3 is 0 Å². The third kappa shape index (κ3) is 4.62. The molecule has 2 amide bonds. The molecule has 0 radical (unpaired) electrons. The number of benzene rings is 1. The zero-order valence-electron chi connectivity index (χ0n) is 15.9. The molecule has 7 heteroatoms. The van der Waals surface area contributed by atoms with Gasteiger partial charge in [0, 0.05) is 36.8 Å². The topological polar surface area (TPSA) is 85.2 Å². The van der Waals surface area contributed by atoms with Crippen LogP contribution in [0, 0.1) is 13.8 Å². The minimum absolute atomic E-state index is 0.119. The lowest BCUT2D eigenvalue weighted by molar-refractivity contribution is -0.121. The van der Waals surface area contributed by atoms with Gasteiger partial charge in [-0.3, -0.25) is 14.3 Å². The molecule has 2 aromatic rings. The molecule has 0 bridgehead atoms. The van der Waals surface area contributed by atoms with Gasteiger partial charge in [-0.05, 0) is 39.0 Å². The van der Waals surface area contributed by atoms with Crippen LogP contribution in [0.1, 0.15) is 46.7 Å². The summed E-state index contributed by atoms with van der Waals surface area (Å²) >= 11 is 0. The average Bonchev–Trinajstić information content (AvgIpc) is 2.86. The zero-order valence-corrected chi connectivity index (χ0v) is 15.9. The lowest BCUT2D eigenvalue weighted by Crippen LogP contribution is -2.32. The van der Waals surface area contributed by atoms with Gasteiger partial charge in [-0.25, -0.2) is 0 Å². The maximum atomic E-state index is 12.2. The van der Waals surface area contributed by atoms with Crippen molar-refractivity contribution in [2.24, 2.45) is 7.05 Å². The van der Waals surface area contributed by atoms with E-state index in [-0.39, 0.29) is 30.8 Å². The van der Waals surface area contributed by atoms with Gasteiger partial charge in [0.05, 0.1) is 18.8 Å². The number of carbonyl (C=O) groups is 2. The van der Waals surface area contributed by atoms with E-state index in [1.807, 2.05) is 32.5 Å². The molecule has 1 unspecified atom stereocenters. The van der Waals surface area contributed by atoms with Crippen LogP contribution < -0.4 is 15.4 Å². The van der Waals surface area contributed by atoms with Gasteiger partial charge in [0.25, 0.3) is 5.91 Å². The minimum Gasteiger partial charge on any atom is -0.497 e. The standard InChI is InChI=1S/C19H26N4O3/c1-12(18-13(2)22-23(4)14(18)3)21-17(24)9-10-20-19(25)15-7-6-8-16(11-15)26-5/h6-8,11-12H,9-10H2,1-5H3,(H,20,25)(H,21,24). The summed E-state index contributed by atoms with van der Waals surface area (Å²) in [6, 6.07) is 6.75. The van der Waals surface area contributed by atoms with Crippen molar-refractivity contribution in [3.63, 3.8) is 0 Å². The largest absolute Gasteiger partial charge is 0.497 e. The number of nitrogens with one attached hydrogen (secondary N) is 2. The molecule has 0 spiro atoms. The summed E-state index contributed by atoms with van der Waals surface area (Å²) in [6.45, 7) is 6.11. The monoisotopic (exact) mass is 358 g/mol. The zero-order chi connectivity index (χ0) is 19.3. The van der Waals surface area contributed by atoms with Crippen LogP contribution in [0.4, 0.5) is 0 Å². The molecule has 7 nitrogen and oxygen atoms in total. The summed E-state index contributed by atoms with van der Waals surface area (Å²) in [4.78, 5) is 24.3. The van der Waals surface area contributed by atoms with E-state index < -0.39 is 0 Å². The van der Waals surface area contributed by atoms with Gasteiger partial charge in [0.15, 0.2) is 0 Å². The summed E-state index contributed by atoms with van der Waals surface area (Å²) < 4.78 is 6.91. The highest BCUT2D eigenvalue weighted by Crippen LogP contribution is 2.20. The van der Waals surface area contributed by atoms with E-state index in [2.05, 4.69) is 15.7 Å². The molecule has 0 aliphatic rings. The predicted molar refractivity (Wildman–Crippen MR) is 99.2 cm³/mol. The third-order valence-electron chi connectivity index (χ3n) is 4.35. The van der Waals surface area contributed by atoms with Crippen LogP contribution >= 0.6 is 0 Å². The first-order chi connectivity index (χ1) is 12.3. The van der Waals surface area contributed by atoms with Gasteiger partial charge in [-0.15, -0.1) is 0 Å². The molecule has 1 heterocycles. The number of rotatable bonds is 7. The van der Waals surface area contributed by atoms with Crippen molar-refractivity contribution >= 4 is 11.8 Å². The second-order valence-corrected chi connectivity index (χ2v) is 6.24. The second kappa shape index (κ2) is 8.51. The molecule has 1 aromatic carbocycles. The van der Waals surface area contributed by atoms with Crippen molar-refractivity contribution in [3.05, 3.63) is 46.8 Å². The summed E-state index contributed by atoms with van der Waals surface area (Å²) in [5.41, 5.74) is 3.46. The molecule has 2 N–H and O–H groups in total. The van der Waals surface area contributed by atoms with Gasteiger partial charge in [-0.2, -0.15) is 5.10 Å². The van der Waals surface area contributed by atoms with E-state index >= 15 is 0 Å². The van der Waals surface area contributed by atoms with Gasteiger partial charge in [0.2, 0.25) is 5.91 Å². The summed E-state index contributed by atoms with van der Waals surface area (Å²) in [7, 11) is 3.43. The van der Waals surface area contributed by atoms with E-state index in [1.54, 1.807) is 31.4 Å². The van der Waals surface area contributed by atoms with E-state index in [9.17, 15) is 9.59 Å². The number of carbonyl (C=O) groups excluding carboxylic acids is 2. The first kappa shape index (κ1) is 19.5. The van der Waals surface area contributed by atoms with Crippen molar-refractivity contribution in [1.29, 1.82) is 0 Å². The Labute approximate surface area is 153 Å². The molecule has 140 valence electrons. The van der Waals surface area contributed by atoms with Crippen LogP contribution in [0.3, 0.4) is 0 Å². The smallest absolute Gasteiger partial charge is 0.251 e. The van der Waals surface area contributed by atoms with Gasteiger partial charge in [0.1, 0.15) is 5.75 Å². The Balaban J connectivity index is 1.84. The van der Waals surface area contributed by atoms with E-state index in [1.165, 1.54) is 0 Å². The number of ether oxygens (including phenoxy) is 1. The lowest BCUT2D eigenvalue weighted by Gasteiger charge is -2.15. The van der Waals surface area contributed by atoms with E-state index in [4.69, 9.17) is 4.74 Å². The molecule has 1 atom stereocenters. The highest BCUT2D eigenvalue weighted by atomic mass is 16.5. The number of aryl methyl sites for hydroxylation is 2. The number of hydrogen-bond acceptors (Lipinski definition) is 4. The Bertz CT molecular complexity index is 798. The van der Waals surface area contributed by atoms with Crippen molar-refractivity contribution in [1.82, 2.24) is 20.4 Å². The Morgan fingerprint density at radius 1 is 1.31 bits per heavy atom. The highest BCUT2D eigenvalue weighted by Gasteiger charge is 2.18. The fourth-order valence-corrected chi connectivity index (χ4v) is 2.96. The van der Waals surface area contributed by atoms with Crippen LogP contribution in [0.5, 0.6) is 5.75 Å². The quantitative estimate of drug-likeness (QED) is 0.793. The predicted octanol–water partition coefficient (Wildman–Crippen LogP) is 2.04. The summed E-state index contributed by atoms with van der Waals surface area (Å²) in [5, 5.41) is 10.1. The summed E-state index contributed by atoms with van der Waals surface area (Å²) in [6.07, 6.45) is 0.207. The molecular weight excluding hydrogens is 332 g/mol. The molecule has 0 saturated carbocycles. The molecule has 26 heavy (non-hydrogen) atoms. The maximum Gasteiger partial charge on any atom is 0.251 e. The van der Waals surface area contributed by atoms with Crippen LogP contribution in [0.15, 0.2) is 24.3 Å². The molecule has 2 rings (SSSR count). The molecule has 0 fully saturated rings. The average molecular weight is 358 g/mol. The van der Waals surface area contributed by atoms with E-state index in [0.29, 0.717) is 11.3 Å². The normalized spacial score (nSPS) is 11.7. The molecule has 0 aliphatic heterocycles. The van der Waals surface area contributed by atoms with Crippen molar-refractivity contribution in [3.8, 4) is 5.75 Å². The Morgan fingerprint density at radius 2 is 2.04 bits per heavy atom. The number of amides is 2. The highest BCUT2D eigenvalue weighted by molar-refractivity contribution is 5.94. The van der Waals surface area contributed by atoms with Crippen LogP contribution in [0.25, 0.3) is 0 Å². The Hall–Kier alpha value is -2.83.